The number of carbonyl (C=O) groups excluding carboxylic acids is 2. The highest BCUT2D eigenvalue weighted by molar-refractivity contribution is 9.10. The Bertz CT molecular complexity index is 777. The molecule has 0 saturated heterocycles. The van der Waals surface area contributed by atoms with Gasteiger partial charge in [0.1, 0.15) is 0 Å². The fourth-order valence-corrected chi connectivity index (χ4v) is 2.21. The van der Waals surface area contributed by atoms with Crippen molar-refractivity contribution >= 4 is 39.1 Å². The second kappa shape index (κ2) is 8.53. The summed E-state index contributed by atoms with van der Waals surface area (Å²) in [5, 5.41) is 5.52. The van der Waals surface area contributed by atoms with Gasteiger partial charge < -0.3 is 20.1 Å². The van der Waals surface area contributed by atoms with Crippen molar-refractivity contribution in [2.45, 2.75) is 11.8 Å². The molecule has 1 unspecified atom stereocenters. The standard InChI is InChI=1S/C18H19BrN2O4/c1-11(19)17(22)20-13-6-4-5-12(9-13)18(23)21-14-7-8-15(24-2)16(10-14)25-3/h4-11H,1-3H3,(H,20,22)(H,21,23). The molecule has 2 N–H and O–H groups in total. The molecule has 25 heavy (non-hydrogen) atoms. The Morgan fingerprint density at radius 1 is 0.960 bits per heavy atom. The molecule has 2 amide bonds. The van der Waals surface area contributed by atoms with Crippen molar-refractivity contribution in [3.05, 3.63) is 48.0 Å². The number of halogens is 1. The summed E-state index contributed by atoms with van der Waals surface area (Å²) in [7, 11) is 3.07. The van der Waals surface area contributed by atoms with Gasteiger partial charge in [0.05, 0.1) is 19.0 Å². The molecule has 0 aliphatic rings. The van der Waals surface area contributed by atoms with Crippen LogP contribution in [0.5, 0.6) is 11.5 Å². The molecule has 0 heterocycles. The van der Waals surface area contributed by atoms with Crippen molar-refractivity contribution in [2.24, 2.45) is 0 Å². The van der Waals surface area contributed by atoms with Crippen molar-refractivity contribution in [3.8, 4) is 11.5 Å². The van der Waals surface area contributed by atoms with E-state index in [4.69, 9.17) is 9.47 Å². The van der Waals surface area contributed by atoms with E-state index in [2.05, 4.69) is 26.6 Å². The summed E-state index contributed by atoms with van der Waals surface area (Å²) in [6.45, 7) is 1.73. The van der Waals surface area contributed by atoms with E-state index < -0.39 is 0 Å². The zero-order valence-corrected chi connectivity index (χ0v) is 15.7. The molecule has 0 aliphatic heterocycles. The first kappa shape index (κ1) is 18.8. The number of amides is 2. The van der Waals surface area contributed by atoms with Gasteiger partial charge >= 0.3 is 0 Å². The average Bonchev–Trinajstić information content (AvgIpc) is 2.61. The molecule has 2 aromatic rings. The van der Waals surface area contributed by atoms with Gasteiger partial charge in [-0.1, -0.05) is 22.0 Å². The Hall–Kier alpha value is -2.54. The minimum absolute atomic E-state index is 0.183. The van der Waals surface area contributed by atoms with Gasteiger partial charge in [-0.15, -0.1) is 0 Å². The first-order valence-electron chi connectivity index (χ1n) is 7.53. The molecule has 6 nitrogen and oxygen atoms in total. The number of hydrogen-bond acceptors (Lipinski definition) is 4. The van der Waals surface area contributed by atoms with Crippen LogP contribution in [0, 0.1) is 0 Å². The Morgan fingerprint density at radius 3 is 2.28 bits per heavy atom. The maximum atomic E-state index is 12.4. The minimum atomic E-state index is -0.322. The number of rotatable bonds is 6. The smallest absolute Gasteiger partial charge is 0.255 e. The summed E-state index contributed by atoms with van der Waals surface area (Å²) in [5.74, 6) is 0.620. The van der Waals surface area contributed by atoms with Gasteiger partial charge in [0, 0.05) is 23.0 Å². The quantitative estimate of drug-likeness (QED) is 0.717. The van der Waals surface area contributed by atoms with E-state index in [1.165, 1.54) is 7.11 Å². The van der Waals surface area contributed by atoms with E-state index in [0.717, 1.165) is 0 Å². The predicted octanol–water partition coefficient (Wildman–Crippen LogP) is 3.68. The third-order valence-electron chi connectivity index (χ3n) is 3.39. The fourth-order valence-electron chi connectivity index (χ4n) is 2.10. The normalized spacial score (nSPS) is 11.4. The van der Waals surface area contributed by atoms with Crippen LogP contribution >= 0.6 is 15.9 Å². The number of alkyl halides is 1. The van der Waals surface area contributed by atoms with Gasteiger partial charge in [0.15, 0.2) is 11.5 Å². The maximum absolute atomic E-state index is 12.4. The molecule has 0 aliphatic carbocycles. The lowest BCUT2D eigenvalue weighted by molar-refractivity contribution is -0.115. The molecule has 0 bridgehead atoms. The van der Waals surface area contributed by atoms with E-state index in [-0.39, 0.29) is 16.6 Å². The molecular weight excluding hydrogens is 388 g/mol. The number of nitrogens with one attached hydrogen (secondary N) is 2. The molecular formula is C18H19BrN2O4. The zero-order valence-electron chi connectivity index (χ0n) is 14.1. The lowest BCUT2D eigenvalue weighted by atomic mass is 10.1. The van der Waals surface area contributed by atoms with Crippen LogP contribution in [-0.4, -0.2) is 30.9 Å². The van der Waals surface area contributed by atoms with Gasteiger partial charge in [-0.3, -0.25) is 9.59 Å². The second-order valence-corrected chi connectivity index (χ2v) is 6.58. The SMILES string of the molecule is COc1ccc(NC(=O)c2cccc(NC(=O)C(C)Br)c2)cc1OC. The van der Waals surface area contributed by atoms with Crippen molar-refractivity contribution in [1.82, 2.24) is 0 Å². The Morgan fingerprint density at radius 2 is 1.64 bits per heavy atom. The summed E-state index contributed by atoms with van der Waals surface area (Å²) in [6, 6.07) is 11.8. The molecule has 7 heteroatoms. The lowest BCUT2D eigenvalue weighted by Gasteiger charge is -2.11. The van der Waals surface area contributed by atoms with Crippen molar-refractivity contribution in [2.75, 3.05) is 24.9 Å². The van der Waals surface area contributed by atoms with E-state index >= 15 is 0 Å². The third-order valence-corrected chi connectivity index (χ3v) is 3.81. The summed E-state index contributed by atoms with van der Waals surface area (Å²) in [5.41, 5.74) is 1.55. The molecule has 0 aromatic heterocycles. The Labute approximate surface area is 154 Å². The van der Waals surface area contributed by atoms with E-state index in [1.54, 1.807) is 56.5 Å². The molecule has 0 radical (unpaired) electrons. The Balaban J connectivity index is 2.14. The van der Waals surface area contributed by atoms with Crippen LogP contribution in [0.3, 0.4) is 0 Å². The van der Waals surface area contributed by atoms with Gasteiger partial charge in [-0.25, -0.2) is 0 Å². The number of hydrogen-bond donors (Lipinski definition) is 2. The van der Waals surface area contributed by atoms with Crippen LogP contribution in [-0.2, 0) is 4.79 Å². The van der Waals surface area contributed by atoms with Gasteiger partial charge in [-0.2, -0.15) is 0 Å². The summed E-state index contributed by atoms with van der Waals surface area (Å²) >= 11 is 3.20. The van der Waals surface area contributed by atoms with Crippen molar-refractivity contribution in [3.63, 3.8) is 0 Å². The van der Waals surface area contributed by atoms with Crippen LogP contribution in [0.1, 0.15) is 17.3 Å². The second-order valence-electron chi connectivity index (χ2n) is 5.21. The number of methoxy groups -OCH3 is 2. The molecule has 0 fully saturated rings. The molecule has 2 aromatic carbocycles. The molecule has 0 saturated carbocycles. The van der Waals surface area contributed by atoms with E-state index in [0.29, 0.717) is 28.4 Å². The highest BCUT2D eigenvalue weighted by Crippen LogP contribution is 2.30. The summed E-state index contributed by atoms with van der Waals surface area (Å²) < 4.78 is 10.4. The van der Waals surface area contributed by atoms with E-state index in [1.807, 2.05) is 0 Å². The van der Waals surface area contributed by atoms with Crippen LogP contribution < -0.4 is 20.1 Å². The lowest BCUT2D eigenvalue weighted by Crippen LogP contribution is -2.20. The largest absolute Gasteiger partial charge is 0.493 e. The first-order valence-corrected chi connectivity index (χ1v) is 8.44. The van der Waals surface area contributed by atoms with Gasteiger partial charge in [-0.05, 0) is 37.3 Å². The van der Waals surface area contributed by atoms with Crippen LogP contribution in [0.25, 0.3) is 0 Å². The maximum Gasteiger partial charge on any atom is 0.255 e. The van der Waals surface area contributed by atoms with Gasteiger partial charge in [0.25, 0.3) is 5.91 Å². The summed E-state index contributed by atoms with van der Waals surface area (Å²) in [6.07, 6.45) is 0. The monoisotopic (exact) mass is 406 g/mol. The zero-order chi connectivity index (χ0) is 18.4. The molecule has 132 valence electrons. The van der Waals surface area contributed by atoms with Crippen LogP contribution in [0.2, 0.25) is 0 Å². The van der Waals surface area contributed by atoms with Crippen molar-refractivity contribution in [1.29, 1.82) is 0 Å². The Kier molecular flexibility index (Phi) is 6.41. The first-order chi connectivity index (χ1) is 11.9. The van der Waals surface area contributed by atoms with E-state index in [9.17, 15) is 9.59 Å². The highest BCUT2D eigenvalue weighted by Gasteiger charge is 2.12. The number of carbonyl (C=O) groups is 2. The minimum Gasteiger partial charge on any atom is -0.493 e. The van der Waals surface area contributed by atoms with Gasteiger partial charge in [0.2, 0.25) is 5.91 Å². The van der Waals surface area contributed by atoms with Crippen molar-refractivity contribution < 1.29 is 19.1 Å². The third kappa shape index (κ3) is 4.96. The molecule has 0 spiro atoms. The number of ether oxygens (including phenoxy) is 2. The number of anilines is 2. The van der Waals surface area contributed by atoms with Crippen LogP contribution in [0.4, 0.5) is 11.4 Å². The summed E-state index contributed by atoms with van der Waals surface area (Å²) in [4.78, 5) is 23.8. The topological polar surface area (TPSA) is 76.7 Å². The van der Waals surface area contributed by atoms with Crippen LogP contribution in [0.15, 0.2) is 42.5 Å². The highest BCUT2D eigenvalue weighted by atomic mass is 79.9. The fraction of sp³-hybridized carbons (Fsp3) is 0.222. The average molecular weight is 407 g/mol. The predicted molar refractivity (Wildman–Crippen MR) is 101 cm³/mol. The molecule has 2 rings (SSSR count). The number of benzene rings is 2. The molecule has 1 atom stereocenters.